The van der Waals surface area contributed by atoms with Crippen LogP contribution in [-0.2, 0) is 14.4 Å². The summed E-state index contributed by atoms with van der Waals surface area (Å²) in [6.45, 7) is 7.03. The Morgan fingerprint density at radius 3 is 2.25 bits per heavy atom. The number of hydrogen-bond donors (Lipinski definition) is 2. The number of amides is 5. The van der Waals surface area contributed by atoms with Gasteiger partial charge >= 0.3 is 0 Å². The number of imide groups is 2. The first-order valence-corrected chi connectivity index (χ1v) is 21.7. The van der Waals surface area contributed by atoms with E-state index < -0.39 is 23.8 Å². The molecule has 7 heterocycles. The van der Waals surface area contributed by atoms with Gasteiger partial charge in [0.2, 0.25) is 17.7 Å². The average Bonchev–Trinajstić information content (AvgIpc) is 3.75. The molecule has 0 bridgehead atoms. The number of H-pyrrole nitrogens is 1. The van der Waals surface area contributed by atoms with Crippen molar-refractivity contribution < 1.29 is 28.7 Å². The van der Waals surface area contributed by atoms with E-state index in [0.29, 0.717) is 28.9 Å². The first kappa shape index (κ1) is 38.3. The SMILES string of the molecule is CC1(Oc2ccc3[nH]nc(-c4cc(N5CCC(C(=O)N6CCC(CC7CCN(c8ccc9c(c8)C(=O)N(C8CCC(=O)NC8=O)C9=O)CC7)CC6)CC5)ncn4)c3c2)CC1. The molecule has 2 aromatic carbocycles. The van der Waals surface area contributed by atoms with Crippen molar-refractivity contribution in [1.82, 2.24) is 35.3 Å². The van der Waals surface area contributed by atoms with Crippen LogP contribution in [0.1, 0.15) is 98.3 Å². The molecule has 6 aliphatic rings. The monoisotopic (exact) mass is 813 g/mol. The number of carbonyl (C=O) groups is 5. The number of anilines is 2. The predicted octanol–water partition coefficient (Wildman–Crippen LogP) is 5.11. The van der Waals surface area contributed by atoms with E-state index in [1.165, 1.54) is 0 Å². The smallest absolute Gasteiger partial charge is 0.262 e. The standard InChI is InChI=1S/C45H51N9O6/c1-45(14-15-45)60-31-3-5-35-34(24-31)40(50-49-35)36-25-38(47-26-46-36)52-20-12-29(13-21-52)42(57)53-18-10-28(11-19-53)22-27-8-16-51(17-9-27)30-2-4-32-33(23-30)44(59)54(43(32)58)37-6-7-39(55)48-41(37)56/h2-5,23-29,37H,6-22H2,1H3,(H,49,50)(H,48,55,56). The zero-order valence-electron chi connectivity index (χ0n) is 34.0. The maximum Gasteiger partial charge on any atom is 0.262 e. The van der Waals surface area contributed by atoms with Gasteiger partial charge < -0.3 is 19.4 Å². The first-order chi connectivity index (χ1) is 29.1. The fourth-order valence-electron chi connectivity index (χ4n) is 10.0. The van der Waals surface area contributed by atoms with Gasteiger partial charge in [0.15, 0.2) is 0 Å². The third kappa shape index (κ3) is 7.36. The zero-order valence-corrected chi connectivity index (χ0v) is 34.0. The fourth-order valence-corrected chi connectivity index (χ4v) is 10.0. The van der Waals surface area contributed by atoms with Gasteiger partial charge in [0.1, 0.15) is 35.2 Å². The van der Waals surface area contributed by atoms with Crippen molar-refractivity contribution in [3.8, 4) is 17.1 Å². The van der Waals surface area contributed by atoms with Gasteiger partial charge in [-0.3, -0.25) is 39.3 Å². The summed E-state index contributed by atoms with van der Waals surface area (Å²) in [7, 11) is 0. The lowest BCUT2D eigenvalue weighted by atomic mass is 9.82. The number of nitrogens with zero attached hydrogens (tertiary/aromatic N) is 7. The number of carbonyl (C=O) groups excluding carboxylic acids is 5. The van der Waals surface area contributed by atoms with Crippen LogP contribution in [0.25, 0.3) is 22.3 Å². The van der Waals surface area contributed by atoms with Crippen molar-refractivity contribution in [1.29, 1.82) is 0 Å². The average molecular weight is 814 g/mol. The fraction of sp³-hybridized carbons (Fsp3) is 0.511. The Hall–Kier alpha value is -5.86. The first-order valence-electron chi connectivity index (χ1n) is 21.7. The summed E-state index contributed by atoms with van der Waals surface area (Å²) in [6, 6.07) is 12.4. The van der Waals surface area contributed by atoms with Crippen molar-refractivity contribution in [2.75, 3.05) is 49.1 Å². The number of piperidine rings is 4. The van der Waals surface area contributed by atoms with Gasteiger partial charge in [0.25, 0.3) is 11.8 Å². The van der Waals surface area contributed by atoms with Crippen LogP contribution in [0.15, 0.2) is 48.8 Å². The van der Waals surface area contributed by atoms with E-state index >= 15 is 0 Å². The molecule has 4 aromatic rings. The highest BCUT2D eigenvalue weighted by Gasteiger charge is 2.45. The number of aromatic amines is 1. The van der Waals surface area contributed by atoms with Crippen molar-refractivity contribution >= 4 is 51.9 Å². The maximum absolute atomic E-state index is 13.7. The second kappa shape index (κ2) is 15.3. The molecule has 15 heteroatoms. The number of rotatable bonds is 9. The Balaban J connectivity index is 0.679. The predicted molar refractivity (Wildman–Crippen MR) is 222 cm³/mol. The van der Waals surface area contributed by atoms with Crippen molar-refractivity contribution in [2.45, 2.75) is 89.2 Å². The molecule has 1 unspecified atom stereocenters. The summed E-state index contributed by atoms with van der Waals surface area (Å²) >= 11 is 0. The third-order valence-electron chi connectivity index (χ3n) is 13.9. The number of likely N-dealkylation sites (tertiary alicyclic amines) is 1. The van der Waals surface area contributed by atoms with Gasteiger partial charge in [-0.15, -0.1) is 0 Å². The lowest BCUT2D eigenvalue weighted by Crippen LogP contribution is -2.54. The summed E-state index contributed by atoms with van der Waals surface area (Å²) in [5.74, 6) is 1.27. The third-order valence-corrected chi connectivity index (χ3v) is 13.9. The Kier molecular flexibility index (Phi) is 9.79. The molecule has 0 spiro atoms. The van der Waals surface area contributed by atoms with Crippen molar-refractivity contribution in [3.63, 3.8) is 0 Å². The molecule has 10 rings (SSSR count). The number of hydrogen-bond acceptors (Lipinski definition) is 11. The lowest BCUT2D eigenvalue weighted by molar-refractivity contribution is -0.138. The largest absolute Gasteiger partial charge is 0.488 e. The van der Waals surface area contributed by atoms with E-state index in [2.05, 4.69) is 47.1 Å². The molecule has 60 heavy (non-hydrogen) atoms. The minimum atomic E-state index is -0.968. The topological polar surface area (TPSA) is 174 Å². The Morgan fingerprint density at radius 1 is 0.800 bits per heavy atom. The van der Waals surface area contributed by atoms with Crippen LogP contribution >= 0.6 is 0 Å². The molecule has 1 saturated carbocycles. The molecule has 312 valence electrons. The van der Waals surface area contributed by atoms with Crippen molar-refractivity contribution in [3.05, 3.63) is 59.9 Å². The number of nitrogens with one attached hydrogen (secondary N) is 2. The number of fused-ring (bicyclic) bond motifs is 2. The molecule has 4 saturated heterocycles. The Labute approximate surface area is 348 Å². The van der Waals surface area contributed by atoms with Crippen LogP contribution in [0.2, 0.25) is 0 Å². The van der Waals surface area contributed by atoms with Crippen LogP contribution in [0.5, 0.6) is 5.75 Å². The highest BCUT2D eigenvalue weighted by molar-refractivity contribution is 6.23. The summed E-state index contributed by atoms with van der Waals surface area (Å²) in [5, 5.41) is 11.0. The molecule has 5 fully saturated rings. The minimum Gasteiger partial charge on any atom is -0.488 e. The molecular formula is C45H51N9O6. The molecular weight excluding hydrogens is 763 g/mol. The van der Waals surface area contributed by atoms with E-state index in [4.69, 9.17) is 4.74 Å². The second-order valence-electron chi connectivity index (χ2n) is 18.0. The van der Waals surface area contributed by atoms with Gasteiger partial charge in [0.05, 0.1) is 22.3 Å². The zero-order chi connectivity index (χ0) is 41.1. The van der Waals surface area contributed by atoms with Gasteiger partial charge in [-0.05, 0) is 119 Å². The summed E-state index contributed by atoms with van der Waals surface area (Å²) < 4.78 is 6.21. The Bertz CT molecular complexity index is 2370. The highest BCUT2D eigenvalue weighted by atomic mass is 16.5. The van der Waals surface area contributed by atoms with Gasteiger partial charge in [-0.25, -0.2) is 9.97 Å². The van der Waals surface area contributed by atoms with E-state index in [-0.39, 0.29) is 30.3 Å². The molecule has 1 atom stereocenters. The normalized spacial score (nSPS) is 22.7. The van der Waals surface area contributed by atoms with E-state index in [1.807, 2.05) is 30.3 Å². The Morgan fingerprint density at radius 2 is 1.52 bits per heavy atom. The van der Waals surface area contributed by atoms with Gasteiger partial charge in [-0.2, -0.15) is 5.10 Å². The number of aromatic nitrogens is 4. The van der Waals surface area contributed by atoms with Crippen molar-refractivity contribution in [2.24, 2.45) is 17.8 Å². The summed E-state index contributed by atoms with van der Waals surface area (Å²) in [4.78, 5) is 81.2. The molecule has 2 N–H and O–H groups in total. The molecule has 1 aliphatic carbocycles. The van der Waals surface area contributed by atoms with Gasteiger partial charge in [-0.1, -0.05) is 0 Å². The maximum atomic E-state index is 13.7. The van der Waals surface area contributed by atoms with Crippen LogP contribution in [-0.4, -0.2) is 110 Å². The lowest BCUT2D eigenvalue weighted by Gasteiger charge is -2.39. The molecule has 0 radical (unpaired) electrons. The summed E-state index contributed by atoms with van der Waals surface area (Å²) in [5.41, 5.74) is 3.92. The number of ether oxygens (including phenoxy) is 1. The molecule has 5 aliphatic heterocycles. The summed E-state index contributed by atoms with van der Waals surface area (Å²) in [6.07, 6.45) is 10.9. The van der Waals surface area contributed by atoms with Crippen LogP contribution in [0, 0.1) is 17.8 Å². The highest BCUT2D eigenvalue weighted by Crippen LogP contribution is 2.41. The van der Waals surface area contributed by atoms with Crippen LogP contribution < -0.4 is 19.9 Å². The number of benzene rings is 2. The molecule has 2 aromatic heterocycles. The van der Waals surface area contributed by atoms with Gasteiger partial charge in [0, 0.05) is 68.7 Å². The minimum absolute atomic E-state index is 0.0265. The van der Waals surface area contributed by atoms with E-state index in [0.717, 1.165) is 142 Å². The van der Waals surface area contributed by atoms with E-state index in [1.54, 1.807) is 18.5 Å². The molecule has 15 nitrogen and oxygen atoms in total. The quantitative estimate of drug-likeness (QED) is 0.215. The second-order valence-corrected chi connectivity index (χ2v) is 18.0. The van der Waals surface area contributed by atoms with E-state index in [9.17, 15) is 24.0 Å². The molecule has 5 amide bonds. The van der Waals surface area contributed by atoms with Crippen LogP contribution in [0.4, 0.5) is 11.5 Å². The van der Waals surface area contributed by atoms with Crippen LogP contribution in [0.3, 0.4) is 0 Å².